The van der Waals surface area contributed by atoms with Crippen molar-refractivity contribution < 1.29 is 43.9 Å². The molecule has 0 radical (unpaired) electrons. The van der Waals surface area contributed by atoms with Crippen LogP contribution in [0.4, 0.5) is 5.69 Å². The second-order valence-corrected chi connectivity index (χ2v) is 11.7. The van der Waals surface area contributed by atoms with Gasteiger partial charge in [0, 0.05) is 38.4 Å². The summed E-state index contributed by atoms with van der Waals surface area (Å²) in [5, 5.41) is 31.9. The number of aliphatic hydroxyl groups excluding tert-OH is 1. The fourth-order valence-electron chi connectivity index (χ4n) is 5.33. The standard InChI is InChI=1S/C24H33N3O4.C14H10O5/c1-18-7-6-8-19(2)24(18)25-23(29)16-27-13-11-26(12-14-27)15-20(28)17-31-22-10-5-4-9-21(22)30-3;15-11-7-3-1-5-9(11)14(18)19-12-8-4-2-6-10(12)13(16)17/h4-10,20,28H,11-17H2,1-3H3,(H,25,29);1-8,15H,(H,16,17). The zero-order valence-electron chi connectivity index (χ0n) is 28.4. The molecular weight excluding hydrogens is 642 g/mol. The molecule has 12 nitrogen and oxygen atoms in total. The van der Waals surface area contributed by atoms with Gasteiger partial charge in [-0.05, 0) is 61.4 Å². The minimum absolute atomic E-state index is 0.0103. The van der Waals surface area contributed by atoms with E-state index in [1.165, 1.54) is 30.3 Å². The number of phenolic OH excluding ortho intramolecular Hbond substituents is 1. The lowest BCUT2D eigenvalue weighted by Gasteiger charge is -2.35. The van der Waals surface area contributed by atoms with Crippen LogP contribution < -0.4 is 19.5 Å². The van der Waals surface area contributed by atoms with Crippen molar-refractivity contribution in [3.8, 4) is 23.0 Å². The average Bonchev–Trinajstić information content (AvgIpc) is 3.10. The molecular formula is C38H43N3O9. The summed E-state index contributed by atoms with van der Waals surface area (Å²) < 4.78 is 16.0. The van der Waals surface area contributed by atoms with E-state index >= 15 is 0 Å². The molecule has 1 saturated heterocycles. The van der Waals surface area contributed by atoms with Crippen molar-refractivity contribution in [1.29, 1.82) is 0 Å². The fraction of sp³-hybridized carbons (Fsp3) is 0.289. The van der Waals surface area contributed by atoms with Crippen molar-refractivity contribution in [2.45, 2.75) is 20.0 Å². The number of phenols is 1. The molecule has 0 spiro atoms. The number of carbonyl (C=O) groups excluding carboxylic acids is 2. The molecule has 1 fully saturated rings. The first-order valence-electron chi connectivity index (χ1n) is 16.1. The van der Waals surface area contributed by atoms with E-state index in [9.17, 15) is 24.6 Å². The topological polar surface area (TPSA) is 158 Å². The minimum Gasteiger partial charge on any atom is -0.507 e. The van der Waals surface area contributed by atoms with Crippen LogP contribution in [-0.4, -0.2) is 102 Å². The number of benzene rings is 4. The van der Waals surface area contributed by atoms with Crippen LogP contribution in [0.5, 0.6) is 23.0 Å². The van der Waals surface area contributed by atoms with Gasteiger partial charge in [-0.3, -0.25) is 14.6 Å². The minimum atomic E-state index is -1.19. The van der Waals surface area contributed by atoms with E-state index in [2.05, 4.69) is 15.1 Å². The predicted molar refractivity (Wildman–Crippen MR) is 188 cm³/mol. The maximum Gasteiger partial charge on any atom is 0.347 e. The SMILES string of the molecule is COc1ccccc1OCC(O)CN1CCN(CC(=O)Nc2c(C)cccc2C)CC1.O=C(Oc1ccccc1C(=O)O)c1ccccc1O. The predicted octanol–water partition coefficient (Wildman–Crippen LogP) is 4.62. The lowest BCUT2D eigenvalue weighted by atomic mass is 10.1. The molecule has 0 saturated carbocycles. The van der Waals surface area contributed by atoms with Gasteiger partial charge in [-0.2, -0.15) is 0 Å². The van der Waals surface area contributed by atoms with Crippen molar-refractivity contribution >= 4 is 23.5 Å². The van der Waals surface area contributed by atoms with Gasteiger partial charge in [0.1, 0.15) is 35.3 Å². The summed E-state index contributed by atoms with van der Waals surface area (Å²) in [6.45, 7) is 8.33. The second kappa shape index (κ2) is 18.4. The van der Waals surface area contributed by atoms with Gasteiger partial charge in [-0.15, -0.1) is 0 Å². The van der Waals surface area contributed by atoms with Crippen LogP contribution >= 0.6 is 0 Å². The second-order valence-electron chi connectivity index (χ2n) is 11.7. The lowest BCUT2D eigenvalue weighted by Crippen LogP contribution is -2.50. The number of piperazine rings is 1. The van der Waals surface area contributed by atoms with E-state index in [4.69, 9.17) is 19.3 Å². The monoisotopic (exact) mass is 685 g/mol. The highest BCUT2D eigenvalue weighted by Crippen LogP contribution is 2.26. The number of β-amino-alcohol motifs (C(OH)–C–C–N with tert-alkyl or cyclic N) is 1. The number of aromatic hydroxyl groups is 1. The number of methoxy groups -OCH3 is 1. The molecule has 50 heavy (non-hydrogen) atoms. The Balaban J connectivity index is 0.000000252. The molecule has 0 aliphatic carbocycles. The van der Waals surface area contributed by atoms with E-state index in [0.29, 0.717) is 24.6 Å². The zero-order chi connectivity index (χ0) is 36.0. The van der Waals surface area contributed by atoms with Crippen molar-refractivity contribution in [1.82, 2.24) is 9.80 Å². The molecule has 1 unspecified atom stereocenters. The first kappa shape index (κ1) is 37.4. The van der Waals surface area contributed by atoms with Gasteiger partial charge < -0.3 is 34.8 Å². The summed E-state index contributed by atoms with van der Waals surface area (Å²) in [6.07, 6.45) is -0.594. The molecule has 4 aromatic carbocycles. The summed E-state index contributed by atoms with van der Waals surface area (Å²) in [7, 11) is 1.60. The van der Waals surface area contributed by atoms with Gasteiger partial charge in [0.05, 0.1) is 13.7 Å². The van der Waals surface area contributed by atoms with Crippen molar-refractivity contribution in [2.75, 3.05) is 58.3 Å². The molecule has 1 atom stereocenters. The number of anilines is 1. The molecule has 1 aliphatic rings. The van der Waals surface area contributed by atoms with Crippen LogP contribution in [0, 0.1) is 13.8 Å². The number of carboxylic acid groups (broad SMARTS) is 1. The van der Waals surface area contributed by atoms with Gasteiger partial charge in [0.15, 0.2) is 11.5 Å². The third-order valence-electron chi connectivity index (χ3n) is 7.99. The molecule has 264 valence electrons. The highest BCUT2D eigenvalue weighted by atomic mass is 16.5. The quantitative estimate of drug-likeness (QED) is 0.122. The zero-order valence-corrected chi connectivity index (χ0v) is 28.4. The van der Waals surface area contributed by atoms with E-state index in [-0.39, 0.29) is 35.1 Å². The third-order valence-corrected chi connectivity index (χ3v) is 7.99. The van der Waals surface area contributed by atoms with Gasteiger partial charge in [-0.1, -0.05) is 54.6 Å². The van der Waals surface area contributed by atoms with Gasteiger partial charge in [-0.25, -0.2) is 9.59 Å². The number of carbonyl (C=O) groups is 3. The van der Waals surface area contributed by atoms with Crippen molar-refractivity contribution in [3.63, 3.8) is 0 Å². The molecule has 0 bridgehead atoms. The van der Waals surface area contributed by atoms with E-state index < -0.39 is 18.0 Å². The number of carboxylic acids is 1. The van der Waals surface area contributed by atoms with Crippen LogP contribution in [0.1, 0.15) is 31.8 Å². The summed E-state index contributed by atoms with van der Waals surface area (Å²) >= 11 is 0. The number of amides is 1. The average molecular weight is 686 g/mol. The number of rotatable bonds is 12. The van der Waals surface area contributed by atoms with Crippen LogP contribution in [-0.2, 0) is 4.79 Å². The Labute approximate surface area is 291 Å². The Morgan fingerprint density at radius 1 is 0.760 bits per heavy atom. The molecule has 5 rings (SSSR count). The summed E-state index contributed by atoms with van der Waals surface area (Å²) in [5.74, 6) is -1.00. The third kappa shape index (κ3) is 10.8. The number of aryl methyl sites for hydroxylation is 2. The normalized spacial score (nSPS) is 13.7. The van der Waals surface area contributed by atoms with Crippen LogP contribution in [0.25, 0.3) is 0 Å². The number of nitrogens with one attached hydrogen (secondary N) is 1. The summed E-state index contributed by atoms with van der Waals surface area (Å²) in [5.41, 5.74) is 2.91. The Kier molecular flexibility index (Phi) is 13.7. The Morgan fingerprint density at radius 2 is 1.32 bits per heavy atom. The maximum atomic E-state index is 12.5. The van der Waals surface area contributed by atoms with Gasteiger partial charge in [0.25, 0.3) is 0 Å². The van der Waals surface area contributed by atoms with Crippen LogP contribution in [0.2, 0.25) is 0 Å². The highest BCUT2D eigenvalue weighted by molar-refractivity contribution is 5.97. The summed E-state index contributed by atoms with van der Waals surface area (Å²) in [4.78, 5) is 39.6. The number of para-hydroxylation sites is 5. The number of hydrogen-bond donors (Lipinski definition) is 4. The summed E-state index contributed by atoms with van der Waals surface area (Å²) in [6, 6.07) is 25.1. The highest BCUT2D eigenvalue weighted by Gasteiger charge is 2.22. The van der Waals surface area contributed by atoms with Crippen LogP contribution in [0.15, 0.2) is 91.0 Å². The maximum absolute atomic E-state index is 12.5. The van der Waals surface area contributed by atoms with Crippen LogP contribution in [0.3, 0.4) is 0 Å². The largest absolute Gasteiger partial charge is 0.507 e. The molecule has 0 aromatic heterocycles. The smallest absolute Gasteiger partial charge is 0.347 e. The molecule has 4 N–H and O–H groups in total. The van der Waals surface area contributed by atoms with Gasteiger partial charge >= 0.3 is 11.9 Å². The lowest BCUT2D eigenvalue weighted by molar-refractivity contribution is -0.117. The Hall–Kier alpha value is -5.43. The van der Waals surface area contributed by atoms with E-state index in [1.54, 1.807) is 25.3 Å². The Morgan fingerprint density at radius 3 is 1.94 bits per heavy atom. The van der Waals surface area contributed by atoms with Crippen molar-refractivity contribution in [3.05, 3.63) is 113 Å². The molecule has 1 amide bonds. The number of nitrogens with zero attached hydrogens (tertiary/aromatic N) is 2. The number of hydrogen-bond acceptors (Lipinski definition) is 10. The molecule has 1 aliphatic heterocycles. The number of aromatic carboxylic acids is 1. The van der Waals surface area contributed by atoms with E-state index in [0.717, 1.165) is 43.0 Å². The molecule has 4 aromatic rings. The van der Waals surface area contributed by atoms with E-state index in [1.807, 2.05) is 56.3 Å². The number of esters is 1. The first-order valence-corrected chi connectivity index (χ1v) is 16.1. The molecule has 1 heterocycles. The number of ether oxygens (including phenoxy) is 3. The molecule has 12 heteroatoms. The number of aliphatic hydroxyl groups is 1. The van der Waals surface area contributed by atoms with Crippen molar-refractivity contribution in [2.24, 2.45) is 0 Å². The Bertz CT molecular complexity index is 1740. The first-order chi connectivity index (χ1) is 24.0. The fourth-order valence-corrected chi connectivity index (χ4v) is 5.33. The van der Waals surface area contributed by atoms with Gasteiger partial charge in [0.2, 0.25) is 5.91 Å².